The number of rotatable bonds is 12. The van der Waals surface area contributed by atoms with Crippen LogP contribution in [0.2, 0.25) is 0 Å². The van der Waals surface area contributed by atoms with Gasteiger partial charge in [-0.3, -0.25) is 0 Å². The Morgan fingerprint density at radius 3 is 2.00 bits per heavy atom. The summed E-state index contributed by atoms with van der Waals surface area (Å²) in [7, 11) is -3.35. The van der Waals surface area contributed by atoms with E-state index in [0.717, 1.165) is 50.5 Å². The maximum absolute atomic E-state index is 14.1. The van der Waals surface area contributed by atoms with Crippen molar-refractivity contribution < 1.29 is 52.7 Å². The lowest BCUT2D eigenvalue weighted by atomic mass is 9.88. The van der Waals surface area contributed by atoms with Crippen molar-refractivity contribution in [1.29, 1.82) is 0 Å². The maximum atomic E-state index is 14.1. The molecule has 0 N–H and O–H groups in total. The van der Waals surface area contributed by atoms with Crippen molar-refractivity contribution in [1.82, 2.24) is 4.90 Å². The average molecular weight is 757 g/mol. The lowest BCUT2D eigenvalue weighted by Gasteiger charge is -2.36. The molecule has 1 heterocycles. The molecule has 0 spiro atoms. The number of guanidine groups is 1. The van der Waals surface area contributed by atoms with Crippen LogP contribution in [-0.4, -0.2) is 69.8 Å². The maximum Gasteiger partial charge on any atom is 0.416 e. The molecule has 0 saturated heterocycles. The highest BCUT2D eigenvalue weighted by Gasteiger charge is 2.38. The molecule has 1 fully saturated rings. The molecule has 1 aliphatic heterocycles. The Hall–Kier alpha value is -3.34. The molecule has 1 aliphatic carbocycles. The second kappa shape index (κ2) is 16.1. The lowest BCUT2D eigenvalue weighted by molar-refractivity contribution is -0.143. The average Bonchev–Trinajstić information content (AvgIpc) is 3.04. The number of halogens is 9. The molecule has 4 rings (SSSR count). The molecule has 2 aliphatic rings. The fraction of sp³-hybridized carbons (Fsp3) is 0.588. The standard InChI is InChI=1S/C34H41F9N4O3S/c1-4-46(20-23-8-6-5-7-9-23)30-11-10-26(32(35,36)37)16-25(30)21-47(31-44-18-29(19-45-31)50-12-13-51(3,48)49)22(2)24-14-27(33(38,39)40)17-28(15-24)34(41,42)43/h10-11,14-18,22-23,29H,4-9,12-13,19-21H2,1-3H3/t22-,29?/m0/s1. The Bertz CT molecular complexity index is 1640. The molecule has 0 amide bonds. The van der Waals surface area contributed by atoms with Crippen molar-refractivity contribution in [2.75, 3.05) is 43.1 Å². The topological polar surface area (TPSA) is 74.6 Å². The third-order valence-corrected chi connectivity index (χ3v) is 9.95. The predicted octanol–water partition coefficient (Wildman–Crippen LogP) is 8.58. The summed E-state index contributed by atoms with van der Waals surface area (Å²) in [5.41, 5.74) is -3.91. The van der Waals surface area contributed by atoms with Gasteiger partial charge in [-0.25, -0.2) is 18.4 Å². The third-order valence-electron chi connectivity index (χ3n) is 9.05. The van der Waals surface area contributed by atoms with Gasteiger partial charge >= 0.3 is 18.5 Å². The van der Waals surface area contributed by atoms with Gasteiger partial charge in [-0.15, -0.1) is 0 Å². The van der Waals surface area contributed by atoms with Gasteiger partial charge in [-0.1, -0.05) is 19.3 Å². The van der Waals surface area contributed by atoms with Crippen molar-refractivity contribution in [3.05, 3.63) is 64.2 Å². The van der Waals surface area contributed by atoms with Crippen LogP contribution < -0.4 is 4.90 Å². The van der Waals surface area contributed by atoms with Crippen LogP contribution in [0, 0.1) is 5.92 Å². The molecule has 17 heteroatoms. The minimum absolute atomic E-state index is 0.00454. The fourth-order valence-corrected chi connectivity index (χ4v) is 6.66. The van der Waals surface area contributed by atoms with Gasteiger partial charge in [0, 0.05) is 37.8 Å². The van der Waals surface area contributed by atoms with Crippen molar-refractivity contribution in [2.45, 2.75) is 83.2 Å². The van der Waals surface area contributed by atoms with Gasteiger partial charge in [0.2, 0.25) is 5.96 Å². The number of hydrogen-bond acceptors (Lipinski definition) is 7. The first-order chi connectivity index (χ1) is 23.7. The molecule has 1 unspecified atom stereocenters. The summed E-state index contributed by atoms with van der Waals surface area (Å²) in [6.07, 6.45) is -8.46. The largest absolute Gasteiger partial charge is 0.416 e. The van der Waals surface area contributed by atoms with E-state index in [9.17, 15) is 47.9 Å². The molecule has 1 saturated carbocycles. The second-order valence-corrected chi connectivity index (χ2v) is 15.2. The first-order valence-electron chi connectivity index (χ1n) is 16.5. The number of aliphatic imine (C=N–C) groups is 2. The molecule has 284 valence electrons. The highest BCUT2D eigenvalue weighted by atomic mass is 32.2. The summed E-state index contributed by atoms with van der Waals surface area (Å²) in [6.45, 7) is 3.43. The van der Waals surface area contributed by atoms with E-state index in [1.807, 2.05) is 11.8 Å². The highest BCUT2D eigenvalue weighted by Crippen LogP contribution is 2.40. The van der Waals surface area contributed by atoms with Crippen LogP contribution >= 0.6 is 0 Å². The van der Waals surface area contributed by atoms with E-state index in [-0.39, 0.29) is 36.5 Å². The first-order valence-corrected chi connectivity index (χ1v) is 18.6. The molecule has 0 bridgehead atoms. The summed E-state index contributed by atoms with van der Waals surface area (Å²) < 4.78 is 154. The number of ether oxygens (including phenoxy) is 1. The molecule has 2 atom stereocenters. The van der Waals surface area contributed by atoms with Crippen molar-refractivity contribution in [3.63, 3.8) is 0 Å². The van der Waals surface area contributed by atoms with Crippen LogP contribution in [0.25, 0.3) is 0 Å². The minimum Gasteiger partial charge on any atom is -0.371 e. The first kappa shape index (κ1) is 40.4. The van der Waals surface area contributed by atoms with Crippen LogP contribution in [-0.2, 0) is 39.6 Å². The smallest absolute Gasteiger partial charge is 0.371 e. The molecule has 0 radical (unpaired) electrons. The van der Waals surface area contributed by atoms with Crippen LogP contribution in [0.5, 0.6) is 0 Å². The third kappa shape index (κ3) is 11.3. The van der Waals surface area contributed by atoms with Gasteiger partial charge in [-0.05, 0) is 80.1 Å². The van der Waals surface area contributed by atoms with E-state index in [1.165, 1.54) is 24.1 Å². The number of sulfone groups is 1. The number of hydrogen-bond donors (Lipinski definition) is 0. The van der Waals surface area contributed by atoms with Gasteiger partial charge < -0.3 is 14.5 Å². The number of nitrogens with zero attached hydrogens (tertiary/aromatic N) is 4. The van der Waals surface area contributed by atoms with Gasteiger partial charge in [0.15, 0.2) is 0 Å². The zero-order valence-electron chi connectivity index (χ0n) is 28.4. The van der Waals surface area contributed by atoms with E-state index in [4.69, 9.17) is 4.74 Å². The quantitative estimate of drug-likeness (QED) is 0.203. The summed E-state index contributed by atoms with van der Waals surface area (Å²) in [6, 6.07) is 3.09. The normalized spacial score (nSPS) is 18.4. The van der Waals surface area contributed by atoms with Crippen LogP contribution in [0.15, 0.2) is 46.4 Å². The van der Waals surface area contributed by atoms with E-state index in [0.29, 0.717) is 36.8 Å². The van der Waals surface area contributed by atoms with Crippen LogP contribution in [0.3, 0.4) is 0 Å². The zero-order valence-corrected chi connectivity index (χ0v) is 29.2. The SMILES string of the molecule is CCN(CC1CCCCC1)c1ccc(C(F)(F)F)cc1CN(C1=NCC(OCCS(C)(=O)=O)C=N1)[C@@H](C)c1cc(C(F)(F)F)cc(C(F)(F)F)c1. The Morgan fingerprint density at radius 1 is 0.882 bits per heavy atom. The lowest BCUT2D eigenvalue weighted by Crippen LogP contribution is -2.37. The summed E-state index contributed by atoms with van der Waals surface area (Å²) >= 11 is 0. The number of anilines is 1. The molecular weight excluding hydrogens is 715 g/mol. The van der Waals surface area contributed by atoms with Gasteiger partial charge in [0.05, 0.1) is 41.6 Å². The van der Waals surface area contributed by atoms with E-state index < -0.39 is 69.3 Å². The highest BCUT2D eigenvalue weighted by molar-refractivity contribution is 7.90. The van der Waals surface area contributed by atoms with Gasteiger partial charge in [-0.2, -0.15) is 39.5 Å². The Labute approximate surface area is 291 Å². The summed E-state index contributed by atoms with van der Waals surface area (Å²) in [5.74, 6) is -0.154. The Balaban J connectivity index is 1.80. The van der Waals surface area contributed by atoms with Crippen molar-refractivity contribution >= 4 is 27.7 Å². The summed E-state index contributed by atoms with van der Waals surface area (Å²) in [4.78, 5) is 11.8. The zero-order chi connectivity index (χ0) is 37.8. The van der Waals surface area contributed by atoms with E-state index in [2.05, 4.69) is 9.98 Å². The molecule has 2 aromatic rings. The Kier molecular flexibility index (Phi) is 12.8. The number of benzene rings is 2. The van der Waals surface area contributed by atoms with Gasteiger partial charge in [0.1, 0.15) is 15.9 Å². The van der Waals surface area contributed by atoms with E-state index in [1.54, 1.807) is 0 Å². The monoisotopic (exact) mass is 756 g/mol. The molecule has 0 aromatic heterocycles. The fourth-order valence-electron chi connectivity index (χ4n) is 6.26. The molecule has 7 nitrogen and oxygen atoms in total. The minimum atomic E-state index is -5.13. The van der Waals surface area contributed by atoms with Gasteiger partial charge in [0.25, 0.3) is 0 Å². The van der Waals surface area contributed by atoms with E-state index >= 15 is 0 Å². The second-order valence-electron chi connectivity index (χ2n) is 13.0. The number of alkyl halides is 9. The van der Waals surface area contributed by atoms with Crippen LogP contribution in [0.1, 0.15) is 79.8 Å². The summed E-state index contributed by atoms with van der Waals surface area (Å²) in [5, 5.41) is 0. The molecule has 2 aromatic carbocycles. The molecule has 51 heavy (non-hydrogen) atoms. The predicted molar refractivity (Wildman–Crippen MR) is 177 cm³/mol. The van der Waals surface area contributed by atoms with Crippen molar-refractivity contribution in [2.24, 2.45) is 15.9 Å². The van der Waals surface area contributed by atoms with Crippen molar-refractivity contribution in [3.8, 4) is 0 Å². The molecular formula is C34H41F9N4O3S. The van der Waals surface area contributed by atoms with Crippen LogP contribution in [0.4, 0.5) is 45.2 Å². The Morgan fingerprint density at radius 2 is 1.49 bits per heavy atom.